The van der Waals surface area contributed by atoms with Gasteiger partial charge in [-0.3, -0.25) is 9.78 Å². The number of benzene rings is 1. The Hall–Kier alpha value is -2.27. The van der Waals surface area contributed by atoms with Crippen LogP contribution in [-0.4, -0.2) is 22.6 Å². The minimum atomic E-state index is -0.827. The Morgan fingerprint density at radius 3 is 2.52 bits per heavy atom. The van der Waals surface area contributed by atoms with Crippen LogP contribution in [0.1, 0.15) is 25.8 Å². The third-order valence-corrected chi connectivity index (χ3v) is 3.89. The molecule has 5 heteroatoms. The van der Waals surface area contributed by atoms with Crippen molar-refractivity contribution < 1.29 is 14.3 Å². The third-order valence-electron chi connectivity index (χ3n) is 3.89. The summed E-state index contributed by atoms with van der Waals surface area (Å²) in [6.45, 7) is 4.26. The molecule has 0 saturated carbocycles. The lowest BCUT2D eigenvalue weighted by atomic mass is 9.90. The first-order valence-corrected chi connectivity index (χ1v) is 7.53. The maximum atomic E-state index is 14.2. The summed E-state index contributed by atoms with van der Waals surface area (Å²) in [5.41, 5.74) is 1.51. The van der Waals surface area contributed by atoms with Crippen molar-refractivity contribution in [1.82, 2.24) is 10.3 Å². The Balaban J connectivity index is 1.93. The molecule has 0 spiro atoms. The lowest BCUT2D eigenvalue weighted by molar-refractivity contribution is -0.147. The van der Waals surface area contributed by atoms with Crippen molar-refractivity contribution in [3.05, 3.63) is 54.1 Å². The van der Waals surface area contributed by atoms with E-state index in [4.69, 9.17) is 5.11 Å². The van der Waals surface area contributed by atoms with Crippen molar-refractivity contribution in [3.8, 4) is 11.1 Å². The molecule has 0 atom stereocenters. The molecule has 0 aliphatic rings. The third kappa shape index (κ3) is 4.60. The van der Waals surface area contributed by atoms with E-state index in [0.29, 0.717) is 25.1 Å². The Kier molecular flexibility index (Phi) is 5.45. The fourth-order valence-corrected chi connectivity index (χ4v) is 2.15. The van der Waals surface area contributed by atoms with Crippen LogP contribution in [0.15, 0.2) is 42.7 Å². The number of hydrogen-bond donors (Lipinski definition) is 2. The monoisotopic (exact) mass is 316 g/mol. The molecule has 2 N–H and O–H groups in total. The number of rotatable bonds is 7. The summed E-state index contributed by atoms with van der Waals surface area (Å²) in [4.78, 5) is 15.0. The van der Waals surface area contributed by atoms with Gasteiger partial charge in [-0.15, -0.1) is 0 Å². The predicted octanol–water partition coefficient (Wildman–Crippen LogP) is 3.48. The van der Waals surface area contributed by atoms with Gasteiger partial charge in [0.25, 0.3) is 0 Å². The van der Waals surface area contributed by atoms with E-state index in [-0.39, 0.29) is 5.82 Å². The summed E-state index contributed by atoms with van der Waals surface area (Å²) >= 11 is 0. The van der Waals surface area contributed by atoms with Crippen molar-refractivity contribution in [2.24, 2.45) is 5.41 Å². The summed E-state index contributed by atoms with van der Waals surface area (Å²) in [5.74, 6) is -1.10. The van der Waals surface area contributed by atoms with Gasteiger partial charge in [-0.2, -0.15) is 0 Å². The Labute approximate surface area is 135 Å². The molecule has 1 heterocycles. The molecule has 0 bridgehead atoms. The molecule has 0 saturated heterocycles. The van der Waals surface area contributed by atoms with Crippen molar-refractivity contribution in [3.63, 3.8) is 0 Å². The average Bonchev–Trinajstić information content (AvgIpc) is 2.53. The van der Waals surface area contributed by atoms with Crippen LogP contribution >= 0.6 is 0 Å². The first kappa shape index (κ1) is 17.1. The molecule has 0 aliphatic carbocycles. The fraction of sp³-hybridized carbons (Fsp3) is 0.333. The Morgan fingerprint density at radius 2 is 1.91 bits per heavy atom. The molecule has 122 valence electrons. The second-order valence-corrected chi connectivity index (χ2v) is 6.16. The number of halogens is 1. The SMILES string of the molecule is CC(C)(CCNCc1ccc(-c2ccncc2)cc1F)C(=O)O. The Morgan fingerprint density at radius 1 is 1.22 bits per heavy atom. The number of nitrogens with zero attached hydrogens (tertiary/aromatic N) is 1. The van der Waals surface area contributed by atoms with Gasteiger partial charge in [0.1, 0.15) is 5.82 Å². The maximum absolute atomic E-state index is 14.2. The first-order chi connectivity index (χ1) is 10.9. The summed E-state index contributed by atoms with van der Waals surface area (Å²) in [7, 11) is 0. The van der Waals surface area contributed by atoms with E-state index in [1.807, 2.05) is 18.2 Å². The molecule has 0 aliphatic heterocycles. The van der Waals surface area contributed by atoms with Crippen molar-refractivity contribution in [2.45, 2.75) is 26.8 Å². The van der Waals surface area contributed by atoms with Gasteiger partial charge in [0.2, 0.25) is 0 Å². The zero-order valence-corrected chi connectivity index (χ0v) is 13.3. The normalized spacial score (nSPS) is 11.4. The van der Waals surface area contributed by atoms with Crippen LogP contribution in [0.2, 0.25) is 0 Å². The molecule has 0 radical (unpaired) electrons. The highest BCUT2D eigenvalue weighted by Crippen LogP contribution is 2.22. The molecule has 23 heavy (non-hydrogen) atoms. The van der Waals surface area contributed by atoms with E-state index < -0.39 is 11.4 Å². The molecular formula is C18H21FN2O2. The van der Waals surface area contributed by atoms with E-state index in [1.54, 1.807) is 32.3 Å². The number of hydrogen-bond acceptors (Lipinski definition) is 3. The van der Waals surface area contributed by atoms with Gasteiger partial charge in [-0.05, 0) is 56.1 Å². The summed E-state index contributed by atoms with van der Waals surface area (Å²) in [5, 5.41) is 12.1. The van der Waals surface area contributed by atoms with Gasteiger partial charge in [0, 0.05) is 24.5 Å². The molecule has 4 nitrogen and oxygen atoms in total. The van der Waals surface area contributed by atoms with Gasteiger partial charge in [0.05, 0.1) is 5.41 Å². The van der Waals surface area contributed by atoms with Crippen LogP contribution in [0.3, 0.4) is 0 Å². The second kappa shape index (κ2) is 7.33. The van der Waals surface area contributed by atoms with Crippen LogP contribution in [0.5, 0.6) is 0 Å². The molecular weight excluding hydrogens is 295 g/mol. The van der Waals surface area contributed by atoms with Crippen molar-refractivity contribution >= 4 is 5.97 Å². The average molecular weight is 316 g/mol. The number of carboxylic acid groups (broad SMARTS) is 1. The largest absolute Gasteiger partial charge is 0.481 e. The molecule has 0 amide bonds. The zero-order chi connectivity index (χ0) is 16.9. The number of aromatic nitrogens is 1. The minimum Gasteiger partial charge on any atom is -0.481 e. The second-order valence-electron chi connectivity index (χ2n) is 6.16. The van der Waals surface area contributed by atoms with Gasteiger partial charge in [0.15, 0.2) is 0 Å². The smallest absolute Gasteiger partial charge is 0.309 e. The number of pyridine rings is 1. The van der Waals surface area contributed by atoms with Gasteiger partial charge in [-0.1, -0.05) is 12.1 Å². The lowest BCUT2D eigenvalue weighted by Gasteiger charge is -2.19. The van der Waals surface area contributed by atoms with E-state index in [2.05, 4.69) is 10.3 Å². The van der Waals surface area contributed by atoms with E-state index in [0.717, 1.165) is 11.1 Å². The molecule has 2 aromatic rings. The molecule has 0 unspecified atom stereocenters. The van der Waals surface area contributed by atoms with Crippen LogP contribution in [0.4, 0.5) is 4.39 Å². The molecule has 1 aromatic carbocycles. The summed E-state index contributed by atoms with van der Waals surface area (Å²) in [6.07, 6.45) is 3.83. The molecule has 1 aromatic heterocycles. The van der Waals surface area contributed by atoms with Gasteiger partial charge >= 0.3 is 5.97 Å². The maximum Gasteiger partial charge on any atom is 0.309 e. The van der Waals surface area contributed by atoms with Crippen LogP contribution in [-0.2, 0) is 11.3 Å². The van der Waals surface area contributed by atoms with Gasteiger partial charge in [-0.25, -0.2) is 4.39 Å². The number of aliphatic carboxylic acids is 1. The number of carboxylic acids is 1. The topological polar surface area (TPSA) is 62.2 Å². The van der Waals surface area contributed by atoms with Crippen molar-refractivity contribution in [1.29, 1.82) is 0 Å². The van der Waals surface area contributed by atoms with Crippen molar-refractivity contribution in [2.75, 3.05) is 6.54 Å². The quantitative estimate of drug-likeness (QED) is 0.768. The standard InChI is InChI=1S/C18H21FN2O2/c1-18(2,17(22)23)7-10-21-12-15-4-3-14(11-16(15)19)13-5-8-20-9-6-13/h3-6,8-9,11,21H,7,10,12H2,1-2H3,(H,22,23). The summed E-state index contributed by atoms with van der Waals surface area (Å²) < 4.78 is 14.2. The van der Waals surface area contributed by atoms with Gasteiger partial charge < -0.3 is 10.4 Å². The van der Waals surface area contributed by atoms with Crippen LogP contribution in [0, 0.1) is 11.2 Å². The fourth-order valence-electron chi connectivity index (χ4n) is 2.15. The number of carbonyl (C=O) groups is 1. The highest BCUT2D eigenvalue weighted by molar-refractivity contribution is 5.73. The number of nitrogens with one attached hydrogen (secondary N) is 1. The van der Waals surface area contributed by atoms with Crippen LogP contribution in [0.25, 0.3) is 11.1 Å². The molecule has 0 fully saturated rings. The predicted molar refractivity (Wildman–Crippen MR) is 87.4 cm³/mol. The molecule has 2 rings (SSSR count). The zero-order valence-electron chi connectivity index (χ0n) is 13.3. The first-order valence-electron chi connectivity index (χ1n) is 7.53. The van der Waals surface area contributed by atoms with E-state index >= 15 is 0 Å². The minimum absolute atomic E-state index is 0.274. The highest BCUT2D eigenvalue weighted by atomic mass is 19.1. The lowest BCUT2D eigenvalue weighted by Crippen LogP contribution is -2.29. The summed E-state index contributed by atoms with van der Waals surface area (Å²) in [6, 6.07) is 8.80. The van der Waals surface area contributed by atoms with E-state index in [1.165, 1.54) is 6.07 Å². The van der Waals surface area contributed by atoms with Crippen LogP contribution < -0.4 is 5.32 Å². The van der Waals surface area contributed by atoms with E-state index in [9.17, 15) is 9.18 Å². The Bertz CT molecular complexity index is 672. The highest BCUT2D eigenvalue weighted by Gasteiger charge is 2.26.